The highest BCUT2D eigenvalue weighted by Crippen LogP contribution is 2.09. The standard InChI is InChI=1S/C11H25N3O3/c1-4-10(11(16)13-12)14(9(2)3)5-7-17-8-6-15/h9-10,15H,4-8,12H2,1-3H3,(H,13,16). The summed E-state index contributed by atoms with van der Waals surface area (Å²) in [6.45, 7) is 7.48. The summed E-state index contributed by atoms with van der Waals surface area (Å²) in [6.07, 6.45) is 0.696. The van der Waals surface area contributed by atoms with Gasteiger partial charge in [0.1, 0.15) is 0 Å². The van der Waals surface area contributed by atoms with Gasteiger partial charge in [-0.3, -0.25) is 15.1 Å². The minimum atomic E-state index is -0.238. The Bertz CT molecular complexity index is 212. The minimum Gasteiger partial charge on any atom is -0.394 e. The zero-order chi connectivity index (χ0) is 13.3. The van der Waals surface area contributed by atoms with E-state index in [1.807, 2.05) is 25.7 Å². The topological polar surface area (TPSA) is 87.8 Å². The molecule has 6 heteroatoms. The molecule has 0 rings (SSSR count). The number of carbonyl (C=O) groups excluding carboxylic acids is 1. The zero-order valence-corrected chi connectivity index (χ0v) is 11.0. The lowest BCUT2D eigenvalue weighted by Gasteiger charge is -2.32. The monoisotopic (exact) mass is 247 g/mol. The number of hydrogen-bond acceptors (Lipinski definition) is 5. The number of aliphatic hydroxyl groups is 1. The second-order valence-corrected chi connectivity index (χ2v) is 4.10. The van der Waals surface area contributed by atoms with E-state index in [1.54, 1.807) is 0 Å². The average Bonchev–Trinajstić information content (AvgIpc) is 2.32. The quantitative estimate of drug-likeness (QED) is 0.221. The number of nitrogens with zero attached hydrogens (tertiary/aromatic N) is 1. The number of nitrogens with one attached hydrogen (secondary N) is 1. The van der Waals surface area contributed by atoms with Crippen LogP contribution in [0.25, 0.3) is 0 Å². The van der Waals surface area contributed by atoms with Crippen LogP contribution in [0.2, 0.25) is 0 Å². The Hall–Kier alpha value is -0.690. The molecule has 0 saturated carbocycles. The molecule has 1 unspecified atom stereocenters. The molecule has 0 heterocycles. The SMILES string of the molecule is CCC(C(=O)NN)N(CCOCCO)C(C)C. The van der Waals surface area contributed by atoms with Crippen LogP contribution in [0.4, 0.5) is 0 Å². The molecule has 0 bridgehead atoms. The van der Waals surface area contributed by atoms with E-state index in [0.29, 0.717) is 26.2 Å². The van der Waals surface area contributed by atoms with Gasteiger partial charge in [0.15, 0.2) is 0 Å². The molecule has 17 heavy (non-hydrogen) atoms. The van der Waals surface area contributed by atoms with Gasteiger partial charge in [0.05, 0.1) is 25.9 Å². The fourth-order valence-electron chi connectivity index (χ4n) is 1.78. The summed E-state index contributed by atoms with van der Waals surface area (Å²) in [5, 5.41) is 8.60. The predicted octanol–water partition coefficient (Wildman–Crippen LogP) is -0.526. The highest BCUT2D eigenvalue weighted by Gasteiger charge is 2.25. The van der Waals surface area contributed by atoms with E-state index in [0.717, 1.165) is 0 Å². The molecule has 0 radical (unpaired) electrons. The Kier molecular flexibility index (Phi) is 8.97. The molecule has 0 aliphatic carbocycles. The lowest BCUT2D eigenvalue weighted by Crippen LogP contribution is -2.52. The van der Waals surface area contributed by atoms with Gasteiger partial charge >= 0.3 is 0 Å². The average molecular weight is 247 g/mol. The summed E-state index contributed by atoms with van der Waals surface area (Å²) in [5.74, 6) is 4.99. The smallest absolute Gasteiger partial charge is 0.251 e. The fourth-order valence-corrected chi connectivity index (χ4v) is 1.78. The Balaban J connectivity index is 4.32. The third-order valence-corrected chi connectivity index (χ3v) is 2.62. The predicted molar refractivity (Wildman–Crippen MR) is 66.2 cm³/mol. The summed E-state index contributed by atoms with van der Waals surface area (Å²) in [5.41, 5.74) is 2.19. The van der Waals surface area contributed by atoms with Crippen LogP contribution >= 0.6 is 0 Å². The first kappa shape index (κ1) is 16.3. The molecule has 0 aliphatic heterocycles. The fraction of sp³-hybridized carbons (Fsp3) is 0.909. The van der Waals surface area contributed by atoms with Crippen LogP contribution in [-0.4, -0.2) is 54.4 Å². The van der Waals surface area contributed by atoms with Crippen molar-refractivity contribution in [1.29, 1.82) is 0 Å². The van der Waals surface area contributed by atoms with Crippen molar-refractivity contribution in [3.63, 3.8) is 0 Å². The van der Waals surface area contributed by atoms with Crippen molar-refractivity contribution in [3.8, 4) is 0 Å². The van der Waals surface area contributed by atoms with Crippen LogP contribution in [-0.2, 0) is 9.53 Å². The van der Waals surface area contributed by atoms with Crippen LogP contribution in [0.5, 0.6) is 0 Å². The molecule has 6 nitrogen and oxygen atoms in total. The van der Waals surface area contributed by atoms with E-state index >= 15 is 0 Å². The summed E-state index contributed by atoms with van der Waals surface area (Å²) in [7, 11) is 0. The summed E-state index contributed by atoms with van der Waals surface area (Å²) in [4.78, 5) is 13.7. The summed E-state index contributed by atoms with van der Waals surface area (Å²) >= 11 is 0. The van der Waals surface area contributed by atoms with Crippen molar-refractivity contribution >= 4 is 5.91 Å². The Labute approximate surface area is 103 Å². The zero-order valence-electron chi connectivity index (χ0n) is 11.0. The van der Waals surface area contributed by atoms with Gasteiger partial charge in [-0.15, -0.1) is 0 Å². The van der Waals surface area contributed by atoms with Crippen molar-refractivity contribution in [3.05, 3.63) is 0 Å². The highest BCUT2D eigenvalue weighted by molar-refractivity contribution is 5.81. The second-order valence-electron chi connectivity index (χ2n) is 4.10. The summed E-state index contributed by atoms with van der Waals surface area (Å²) < 4.78 is 5.22. The maximum absolute atomic E-state index is 11.6. The summed E-state index contributed by atoms with van der Waals surface area (Å²) in [6, 6.07) is -0.00676. The van der Waals surface area contributed by atoms with Crippen molar-refractivity contribution in [2.45, 2.75) is 39.3 Å². The minimum absolute atomic E-state index is 0.0160. The Morgan fingerprint density at radius 2 is 2.12 bits per heavy atom. The first-order chi connectivity index (χ1) is 8.08. The number of carbonyl (C=O) groups is 1. The van der Waals surface area contributed by atoms with E-state index in [1.165, 1.54) is 0 Å². The van der Waals surface area contributed by atoms with Crippen LogP contribution in [0, 0.1) is 0 Å². The normalized spacial score (nSPS) is 13.1. The molecule has 0 fully saturated rings. The molecule has 102 valence electrons. The first-order valence-electron chi connectivity index (χ1n) is 6.03. The van der Waals surface area contributed by atoms with E-state index in [9.17, 15) is 4.79 Å². The molecule has 0 aromatic heterocycles. The molecule has 0 aromatic carbocycles. The molecule has 1 amide bonds. The maximum Gasteiger partial charge on any atom is 0.251 e. The molecule has 0 aliphatic rings. The van der Waals surface area contributed by atoms with Gasteiger partial charge in [-0.05, 0) is 20.3 Å². The van der Waals surface area contributed by atoms with Gasteiger partial charge in [0.25, 0.3) is 5.91 Å². The first-order valence-corrected chi connectivity index (χ1v) is 6.03. The maximum atomic E-state index is 11.6. The molecular formula is C11H25N3O3. The number of hydrazine groups is 1. The van der Waals surface area contributed by atoms with Gasteiger partial charge in [0.2, 0.25) is 0 Å². The number of amides is 1. The van der Waals surface area contributed by atoms with E-state index in [4.69, 9.17) is 15.7 Å². The third-order valence-electron chi connectivity index (χ3n) is 2.62. The van der Waals surface area contributed by atoms with Crippen molar-refractivity contribution in [2.24, 2.45) is 5.84 Å². The lowest BCUT2D eigenvalue weighted by atomic mass is 10.1. The van der Waals surface area contributed by atoms with Gasteiger partial charge in [-0.2, -0.15) is 0 Å². The van der Waals surface area contributed by atoms with E-state index < -0.39 is 0 Å². The third kappa shape index (κ3) is 5.97. The Morgan fingerprint density at radius 3 is 2.53 bits per heavy atom. The van der Waals surface area contributed by atoms with Crippen molar-refractivity contribution in [2.75, 3.05) is 26.4 Å². The van der Waals surface area contributed by atoms with Gasteiger partial charge in [-0.25, -0.2) is 5.84 Å². The number of nitrogens with two attached hydrogens (primary N) is 1. The largest absolute Gasteiger partial charge is 0.394 e. The van der Waals surface area contributed by atoms with Gasteiger partial charge in [-0.1, -0.05) is 6.92 Å². The van der Waals surface area contributed by atoms with Crippen LogP contribution in [0.15, 0.2) is 0 Å². The van der Waals surface area contributed by atoms with Crippen molar-refractivity contribution in [1.82, 2.24) is 10.3 Å². The van der Waals surface area contributed by atoms with E-state index in [-0.39, 0.29) is 24.6 Å². The number of ether oxygens (including phenoxy) is 1. The van der Waals surface area contributed by atoms with Crippen LogP contribution in [0.1, 0.15) is 27.2 Å². The molecule has 0 saturated heterocycles. The number of hydrogen-bond donors (Lipinski definition) is 3. The Morgan fingerprint density at radius 1 is 1.47 bits per heavy atom. The molecular weight excluding hydrogens is 222 g/mol. The lowest BCUT2D eigenvalue weighted by molar-refractivity contribution is -0.127. The van der Waals surface area contributed by atoms with Gasteiger partial charge in [0, 0.05) is 12.6 Å². The number of rotatable bonds is 9. The molecule has 4 N–H and O–H groups in total. The van der Waals surface area contributed by atoms with Gasteiger partial charge < -0.3 is 9.84 Å². The highest BCUT2D eigenvalue weighted by atomic mass is 16.5. The molecule has 0 aromatic rings. The molecule has 0 spiro atoms. The van der Waals surface area contributed by atoms with E-state index in [2.05, 4.69) is 5.43 Å². The van der Waals surface area contributed by atoms with Crippen LogP contribution in [0.3, 0.4) is 0 Å². The van der Waals surface area contributed by atoms with Crippen LogP contribution < -0.4 is 11.3 Å². The van der Waals surface area contributed by atoms with Crippen molar-refractivity contribution < 1.29 is 14.6 Å². The molecule has 1 atom stereocenters. The number of aliphatic hydroxyl groups excluding tert-OH is 1. The second kappa shape index (κ2) is 9.35.